The van der Waals surface area contributed by atoms with E-state index < -0.39 is 15.9 Å². The standard InChI is InChI=1S/C15H14N2O3S2/c1-11-9-12-5-2-3-6-13(12)17(11)10-14(18)16-22(19,20)15-7-4-8-21-15/h2-9H,10H2,1H3,(H,16,18). The van der Waals surface area contributed by atoms with Gasteiger partial charge in [-0.3, -0.25) is 4.79 Å². The molecule has 1 amide bonds. The number of nitrogens with one attached hydrogen (secondary N) is 1. The number of hydrogen-bond acceptors (Lipinski definition) is 4. The summed E-state index contributed by atoms with van der Waals surface area (Å²) in [5.74, 6) is -0.558. The quantitative estimate of drug-likeness (QED) is 0.797. The maximum Gasteiger partial charge on any atom is 0.273 e. The second-order valence-electron chi connectivity index (χ2n) is 4.89. The lowest BCUT2D eigenvalue weighted by Crippen LogP contribution is -2.33. The number of para-hydroxylation sites is 1. The molecule has 0 aliphatic rings. The summed E-state index contributed by atoms with van der Waals surface area (Å²) < 4.78 is 28.1. The number of aromatic nitrogens is 1. The lowest BCUT2D eigenvalue weighted by atomic mass is 10.2. The van der Waals surface area contributed by atoms with E-state index in [0.29, 0.717) is 0 Å². The third-order valence-corrected chi connectivity index (χ3v) is 6.10. The van der Waals surface area contributed by atoms with E-state index in [1.807, 2.05) is 37.3 Å². The van der Waals surface area contributed by atoms with Crippen LogP contribution in [0.3, 0.4) is 0 Å². The van der Waals surface area contributed by atoms with E-state index in [2.05, 4.69) is 4.72 Å². The summed E-state index contributed by atoms with van der Waals surface area (Å²) in [6, 6.07) is 12.7. The molecule has 7 heteroatoms. The van der Waals surface area contributed by atoms with Gasteiger partial charge in [0.2, 0.25) is 0 Å². The molecule has 0 atom stereocenters. The van der Waals surface area contributed by atoms with Gasteiger partial charge in [0.15, 0.2) is 0 Å². The highest BCUT2D eigenvalue weighted by molar-refractivity contribution is 7.92. The van der Waals surface area contributed by atoms with E-state index in [4.69, 9.17) is 0 Å². The van der Waals surface area contributed by atoms with Crippen molar-refractivity contribution in [3.63, 3.8) is 0 Å². The molecule has 2 heterocycles. The van der Waals surface area contributed by atoms with Gasteiger partial charge in [-0.15, -0.1) is 11.3 Å². The maximum atomic E-state index is 12.1. The van der Waals surface area contributed by atoms with Gasteiger partial charge in [-0.05, 0) is 35.9 Å². The van der Waals surface area contributed by atoms with E-state index in [0.717, 1.165) is 27.9 Å². The highest BCUT2D eigenvalue weighted by atomic mass is 32.2. The molecule has 0 saturated carbocycles. The van der Waals surface area contributed by atoms with Crippen molar-refractivity contribution < 1.29 is 13.2 Å². The predicted molar refractivity (Wildman–Crippen MR) is 86.3 cm³/mol. The first kappa shape index (κ1) is 14.8. The van der Waals surface area contributed by atoms with Gasteiger partial charge in [0.25, 0.3) is 15.9 Å². The van der Waals surface area contributed by atoms with Crippen LogP contribution >= 0.6 is 11.3 Å². The van der Waals surface area contributed by atoms with Gasteiger partial charge < -0.3 is 4.57 Å². The molecule has 0 fully saturated rings. The van der Waals surface area contributed by atoms with Gasteiger partial charge in [0.05, 0.1) is 0 Å². The molecule has 0 unspecified atom stereocenters. The van der Waals surface area contributed by atoms with Crippen molar-refractivity contribution in [3.8, 4) is 0 Å². The fraction of sp³-hybridized carbons (Fsp3) is 0.133. The minimum absolute atomic E-state index is 0.0377. The van der Waals surface area contributed by atoms with Crippen molar-refractivity contribution in [3.05, 3.63) is 53.5 Å². The summed E-state index contributed by atoms with van der Waals surface area (Å²) in [6.07, 6.45) is 0. The van der Waals surface area contributed by atoms with E-state index in [-0.39, 0.29) is 10.8 Å². The van der Waals surface area contributed by atoms with Crippen LogP contribution < -0.4 is 4.72 Å². The van der Waals surface area contributed by atoms with Crippen LogP contribution in [-0.4, -0.2) is 18.9 Å². The van der Waals surface area contributed by atoms with Crippen molar-refractivity contribution in [2.24, 2.45) is 0 Å². The van der Waals surface area contributed by atoms with Crippen molar-refractivity contribution in [1.82, 2.24) is 9.29 Å². The SMILES string of the molecule is Cc1cc2ccccc2n1CC(=O)NS(=O)(=O)c1cccs1. The van der Waals surface area contributed by atoms with Crippen LogP contribution in [-0.2, 0) is 21.4 Å². The summed E-state index contributed by atoms with van der Waals surface area (Å²) in [5, 5.41) is 2.68. The highest BCUT2D eigenvalue weighted by Crippen LogP contribution is 2.19. The van der Waals surface area contributed by atoms with E-state index in [1.54, 1.807) is 16.0 Å². The zero-order valence-electron chi connectivity index (χ0n) is 11.8. The number of carbonyl (C=O) groups excluding carboxylic acids is 1. The topological polar surface area (TPSA) is 68.2 Å². The molecule has 5 nitrogen and oxygen atoms in total. The summed E-state index contributed by atoms with van der Waals surface area (Å²) in [4.78, 5) is 12.1. The number of nitrogens with zero attached hydrogens (tertiary/aromatic N) is 1. The van der Waals surface area contributed by atoms with Gasteiger partial charge in [-0.25, -0.2) is 13.1 Å². The number of benzene rings is 1. The van der Waals surface area contributed by atoms with E-state index in [1.165, 1.54) is 6.07 Å². The molecule has 114 valence electrons. The summed E-state index contributed by atoms with van der Waals surface area (Å²) in [5.41, 5.74) is 1.81. The molecule has 0 saturated heterocycles. The number of carbonyl (C=O) groups is 1. The molecular formula is C15H14N2O3S2. The monoisotopic (exact) mass is 334 g/mol. The first-order valence-electron chi connectivity index (χ1n) is 6.61. The second kappa shape index (κ2) is 5.58. The van der Waals surface area contributed by atoms with Crippen LogP contribution in [0.4, 0.5) is 0 Å². The first-order chi connectivity index (χ1) is 10.5. The number of hydrogen-bond donors (Lipinski definition) is 1. The van der Waals surface area contributed by atoms with E-state index >= 15 is 0 Å². The average Bonchev–Trinajstić information content (AvgIpc) is 3.08. The maximum absolute atomic E-state index is 12.1. The Morgan fingerprint density at radius 3 is 2.73 bits per heavy atom. The van der Waals surface area contributed by atoms with Crippen LogP contribution in [0.15, 0.2) is 52.1 Å². The molecule has 0 aliphatic carbocycles. The Labute approximate surface area is 132 Å². The minimum Gasteiger partial charge on any atom is -0.335 e. The fourth-order valence-electron chi connectivity index (χ4n) is 2.35. The predicted octanol–water partition coefficient (Wildman–Crippen LogP) is 2.52. The molecular weight excluding hydrogens is 320 g/mol. The Balaban J connectivity index is 1.84. The fourth-order valence-corrected chi connectivity index (χ4v) is 4.32. The Morgan fingerprint density at radius 1 is 1.23 bits per heavy atom. The number of aryl methyl sites for hydroxylation is 1. The Bertz CT molecular complexity index is 925. The van der Waals surface area contributed by atoms with Crippen LogP contribution in [0.2, 0.25) is 0 Å². The molecule has 0 aliphatic heterocycles. The zero-order valence-corrected chi connectivity index (χ0v) is 13.4. The van der Waals surface area contributed by atoms with Crippen molar-refractivity contribution >= 4 is 38.2 Å². The molecule has 2 aromatic heterocycles. The Morgan fingerprint density at radius 2 is 2.00 bits per heavy atom. The molecule has 3 aromatic rings. The van der Waals surface area contributed by atoms with Crippen molar-refractivity contribution in [2.75, 3.05) is 0 Å². The number of fused-ring (bicyclic) bond motifs is 1. The number of amides is 1. The van der Waals surface area contributed by atoms with Gasteiger partial charge >= 0.3 is 0 Å². The number of sulfonamides is 1. The summed E-state index contributed by atoms with van der Waals surface area (Å²) >= 11 is 1.08. The second-order valence-corrected chi connectivity index (χ2v) is 7.75. The lowest BCUT2D eigenvalue weighted by molar-refractivity contribution is -0.119. The van der Waals surface area contributed by atoms with Crippen molar-refractivity contribution in [1.29, 1.82) is 0 Å². The third-order valence-electron chi connectivity index (χ3n) is 3.33. The summed E-state index contributed by atoms with van der Waals surface area (Å²) in [6.45, 7) is 1.85. The Hall–Kier alpha value is -2.12. The highest BCUT2D eigenvalue weighted by Gasteiger charge is 2.19. The van der Waals surface area contributed by atoms with Crippen molar-refractivity contribution in [2.45, 2.75) is 17.7 Å². The first-order valence-corrected chi connectivity index (χ1v) is 8.98. The van der Waals surface area contributed by atoms with E-state index in [9.17, 15) is 13.2 Å². The summed E-state index contributed by atoms with van der Waals surface area (Å²) in [7, 11) is -3.78. The largest absolute Gasteiger partial charge is 0.335 e. The van der Waals surface area contributed by atoms with Crippen LogP contribution in [0.1, 0.15) is 5.69 Å². The normalized spacial score (nSPS) is 11.7. The zero-order chi connectivity index (χ0) is 15.7. The van der Waals surface area contributed by atoms with Gasteiger partial charge in [-0.2, -0.15) is 0 Å². The molecule has 3 rings (SSSR count). The number of rotatable bonds is 4. The average molecular weight is 334 g/mol. The van der Waals surface area contributed by atoms with Crippen LogP contribution in [0.5, 0.6) is 0 Å². The van der Waals surface area contributed by atoms with Gasteiger partial charge in [0, 0.05) is 11.2 Å². The smallest absolute Gasteiger partial charge is 0.273 e. The Kier molecular flexibility index (Phi) is 3.76. The molecule has 1 N–H and O–H groups in total. The molecule has 1 aromatic carbocycles. The molecule has 0 bridgehead atoms. The molecule has 0 spiro atoms. The molecule has 22 heavy (non-hydrogen) atoms. The van der Waals surface area contributed by atoms with Gasteiger partial charge in [0.1, 0.15) is 10.8 Å². The lowest BCUT2D eigenvalue weighted by Gasteiger charge is -2.09. The van der Waals surface area contributed by atoms with Gasteiger partial charge in [-0.1, -0.05) is 24.3 Å². The minimum atomic E-state index is -3.78. The molecule has 0 radical (unpaired) electrons. The van der Waals surface area contributed by atoms with Crippen LogP contribution in [0.25, 0.3) is 10.9 Å². The number of thiophene rings is 1. The van der Waals surface area contributed by atoms with Crippen LogP contribution in [0, 0.1) is 6.92 Å². The third kappa shape index (κ3) is 2.77.